The van der Waals surface area contributed by atoms with Gasteiger partial charge in [0.2, 0.25) is 5.60 Å². The van der Waals surface area contributed by atoms with Gasteiger partial charge < -0.3 is 19.5 Å². The van der Waals surface area contributed by atoms with Crippen molar-refractivity contribution in [3.63, 3.8) is 0 Å². The van der Waals surface area contributed by atoms with Gasteiger partial charge in [0.1, 0.15) is 5.75 Å². The quantitative estimate of drug-likeness (QED) is 0.432. The van der Waals surface area contributed by atoms with Crippen LogP contribution in [0.1, 0.15) is 44.7 Å². The van der Waals surface area contributed by atoms with Crippen LogP contribution in [0.3, 0.4) is 0 Å². The predicted molar refractivity (Wildman–Crippen MR) is 115 cm³/mol. The van der Waals surface area contributed by atoms with E-state index in [2.05, 4.69) is 18.7 Å². The zero-order valence-corrected chi connectivity index (χ0v) is 17.8. The Balaban J connectivity index is 2.17. The van der Waals surface area contributed by atoms with Crippen molar-refractivity contribution in [3.05, 3.63) is 65.7 Å². The monoisotopic (exact) mass is 399 g/mol. The summed E-state index contributed by atoms with van der Waals surface area (Å²) in [7, 11) is 0. The van der Waals surface area contributed by atoms with Crippen LogP contribution >= 0.6 is 0 Å². The fourth-order valence-electron chi connectivity index (χ4n) is 3.19. The molecule has 2 aromatic carbocycles. The molecule has 5 heteroatoms. The smallest absolute Gasteiger partial charge is 0.347 e. The molecule has 2 rings (SSSR count). The maximum absolute atomic E-state index is 13.0. The van der Waals surface area contributed by atoms with Crippen molar-refractivity contribution in [1.82, 2.24) is 4.90 Å². The SMILES string of the molecule is CCCOc1ccc([C@](O)(C(=O)OCCCN(CC)CC)c2ccccc2)cc1. The normalized spacial score (nSPS) is 13.1. The molecule has 0 heterocycles. The average molecular weight is 400 g/mol. The molecule has 5 nitrogen and oxygen atoms in total. The Labute approximate surface area is 174 Å². The van der Waals surface area contributed by atoms with Gasteiger partial charge in [-0.15, -0.1) is 0 Å². The first-order valence-corrected chi connectivity index (χ1v) is 10.5. The van der Waals surface area contributed by atoms with Crippen molar-refractivity contribution in [2.45, 2.75) is 39.2 Å². The maximum Gasteiger partial charge on any atom is 0.347 e. The number of benzene rings is 2. The molecule has 0 fully saturated rings. The summed E-state index contributed by atoms with van der Waals surface area (Å²) >= 11 is 0. The van der Waals surface area contributed by atoms with E-state index in [1.54, 1.807) is 48.5 Å². The Kier molecular flexibility index (Phi) is 9.16. The van der Waals surface area contributed by atoms with Crippen LogP contribution in [0, 0.1) is 0 Å². The van der Waals surface area contributed by atoms with Crippen molar-refractivity contribution in [3.8, 4) is 5.75 Å². The average Bonchev–Trinajstić information content (AvgIpc) is 2.78. The Hall–Kier alpha value is -2.37. The number of carbonyl (C=O) groups is 1. The van der Waals surface area contributed by atoms with Crippen LogP contribution < -0.4 is 4.74 Å². The molecule has 158 valence electrons. The highest BCUT2D eigenvalue weighted by Gasteiger charge is 2.41. The number of rotatable bonds is 12. The van der Waals surface area contributed by atoms with Crippen LogP contribution in [-0.2, 0) is 15.1 Å². The number of hydrogen-bond acceptors (Lipinski definition) is 5. The van der Waals surface area contributed by atoms with E-state index in [0.29, 0.717) is 23.5 Å². The molecule has 29 heavy (non-hydrogen) atoms. The van der Waals surface area contributed by atoms with E-state index in [0.717, 1.165) is 32.5 Å². The van der Waals surface area contributed by atoms with Gasteiger partial charge in [-0.3, -0.25) is 0 Å². The highest BCUT2D eigenvalue weighted by Crippen LogP contribution is 2.32. The summed E-state index contributed by atoms with van der Waals surface area (Å²) < 4.78 is 11.1. The summed E-state index contributed by atoms with van der Waals surface area (Å²) in [6.07, 6.45) is 1.64. The lowest BCUT2D eigenvalue weighted by Crippen LogP contribution is -2.39. The second-order valence-corrected chi connectivity index (χ2v) is 6.97. The third kappa shape index (κ3) is 6.05. The van der Waals surface area contributed by atoms with E-state index in [1.165, 1.54) is 0 Å². The molecule has 0 spiro atoms. The molecular formula is C24H33NO4. The van der Waals surface area contributed by atoms with Crippen LogP contribution in [0.4, 0.5) is 0 Å². The minimum atomic E-state index is -1.86. The van der Waals surface area contributed by atoms with Crippen molar-refractivity contribution in [1.29, 1.82) is 0 Å². The highest BCUT2D eigenvalue weighted by molar-refractivity contribution is 5.85. The molecule has 0 saturated carbocycles. The molecule has 0 aliphatic heterocycles. The molecule has 0 saturated heterocycles. The number of carbonyl (C=O) groups excluding carboxylic acids is 1. The Bertz CT molecular complexity index is 728. The van der Waals surface area contributed by atoms with Gasteiger partial charge in [-0.05, 0) is 49.2 Å². The van der Waals surface area contributed by atoms with Crippen LogP contribution in [0.15, 0.2) is 54.6 Å². The molecule has 0 aromatic heterocycles. The minimum Gasteiger partial charge on any atom is -0.494 e. The first-order chi connectivity index (χ1) is 14.1. The fraction of sp³-hybridized carbons (Fsp3) is 0.458. The largest absolute Gasteiger partial charge is 0.494 e. The third-order valence-electron chi connectivity index (χ3n) is 4.98. The van der Waals surface area contributed by atoms with Gasteiger partial charge in [-0.2, -0.15) is 0 Å². The van der Waals surface area contributed by atoms with Gasteiger partial charge in [0.05, 0.1) is 13.2 Å². The minimum absolute atomic E-state index is 0.266. The number of esters is 1. The van der Waals surface area contributed by atoms with Crippen molar-refractivity contribution in [2.75, 3.05) is 32.8 Å². The molecule has 1 N–H and O–H groups in total. The summed E-state index contributed by atoms with van der Waals surface area (Å²) in [6, 6.07) is 15.9. The molecule has 0 amide bonds. The van der Waals surface area contributed by atoms with Crippen LogP contribution in [-0.4, -0.2) is 48.8 Å². The molecule has 0 aliphatic carbocycles. The lowest BCUT2D eigenvalue weighted by atomic mass is 9.86. The Morgan fingerprint density at radius 2 is 1.55 bits per heavy atom. The van der Waals surface area contributed by atoms with E-state index in [-0.39, 0.29) is 6.61 Å². The van der Waals surface area contributed by atoms with E-state index in [1.807, 2.05) is 13.0 Å². The van der Waals surface area contributed by atoms with Gasteiger partial charge in [-0.1, -0.05) is 63.2 Å². The van der Waals surface area contributed by atoms with E-state index >= 15 is 0 Å². The lowest BCUT2D eigenvalue weighted by molar-refractivity contribution is -0.162. The van der Waals surface area contributed by atoms with Crippen LogP contribution in [0.5, 0.6) is 5.75 Å². The lowest BCUT2D eigenvalue weighted by Gasteiger charge is -2.27. The second-order valence-electron chi connectivity index (χ2n) is 6.97. The van der Waals surface area contributed by atoms with Gasteiger partial charge in [0, 0.05) is 6.54 Å². The van der Waals surface area contributed by atoms with Gasteiger partial charge >= 0.3 is 5.97 Å². The topological polar surface area (TPSA) is 59.0 Å². The first kappa shape index (κ1) is 22.9. The number of aliphatic hydroxyl groups is 1. The predicted octanol–water partition coefficient (Wildman–Crippen LogP) is 3.99. The molecule has 2 aromatic rings. The van der Waals surface area contributed by atoms with Gasteiger partial charge in [0.15, 0.2) is 0 Å². The van der Waals surface area contributed by atoms with E-state index < -0.39 is 11.6 Å². The van der Waals surface area contributed by atoms with Crippen molar-refractivity contribution >= 4 is 5.97 Å². The standard InChI is InChI=1S/C24H33NO4/c1-4-18-28-22-15-13-21(14-16-22)24(27,20-11-8-7-9-12-20)23(26)29-19-10-17-25(5-2)6-3/h7-9,11-16,27H,4-6,10,17-19H2,1-3H3/t24-/m0/s1. The number of hydrogen-bond donors (Lipinski definition) is 1. The summed E-state index contributed by atoms with van der Waals surface area (Å²) in [6.45, 7) is 9.93. The van der Waals surface area contributed by atoms with E-state index in [4.69, 9.17) is 9.47 Å². The molecule has 0 unspecified atom stereocenters. The van der Waals surface area contributed by atoms with Crippen LogP contribution in [0.25, 0.3) is 0 Å². The molecule has 1 atom stereocenters. The third-order valence-corrected chi connectivity index (χ3v) is 4.98. The zero-order valence-electron chi connectivity index (χ0n) is 17.8. The summed E-state index contributed by atoms with van der Waals surface area (Å²) in [5.74, 6) is 0.0454. The van der Waals surface area contributed by atoms with Crippen molar-refractivity contribution in [2.24, 2.45) is 0 Å². The zero-order chi connectivity index (χ0) is 21.1. The maximum atomic E-state index is 13.0. The fourth-order valence-corrected chi connectivity index (χ4v) is 3.19. The second kappa shape index (κ2) is 11.6. The van der Waals surface area contributed by atoms with Gasteiger partial charge in [-0.25, -0.2) is 4.79 Å². The van der Waals surface area contributed by atoms with Gasteiger partial charge in [0.25, 0.3) is 0 Å². The molecule has 0 radical (unpaired) electrons. The number of nitrogens with zero attached hydrogens (tertiary/aromatic N) is 1. The Morgan fingerprint density at radius 1 is 0.931 bits per heavy atom. The molecular weight excluding hydrogens is 366 g/mol. The summed E-state index contributed by atoms with van der Waals surface area (Å²) in [4.78, 5) is 15.3. The number of ether oxygens (including phenoxy) is 2. The summed E-state index contributed by atoms with van der Waals surface area (Å²) in [5.41, 5.74) is -0.919. The highest BCUT2D eigenvalue weighted by atomic mass is 16.5. The Morgan fingerprint density at radius 3 is 2.14 bits per heavy atom. The molecule has 0 bridgehead atoms. The van der Waals surface area contributed by atoms with Crippen molar-refractivity contribution < 1.29 is 19.4 Å². The van der Waals surface area contributed by atoms with Crippen LogP contribution in [0.2, 0.25) is 0 Å². The summed E-state index contributed by atoms with van der Waals surface area (Å²) in [5, 5.41) is 11.5. The van der Waals surface area contributed by atoms with E-state index in [9.17, 15) is 9.90 Å². The molecule has 0 aliphatic rings. The first-order valence-electron chi connectivity index (χ1n) is 10.5.